The van der Waals surface area contributed by atoms with Gasteiger partial charge in [0.2, 0.25) is 10.0 Å². The van der Waals surface area contributed by atoms with Gasteiger partial charge in [0.25, 0.3) is 0 Å². The highest BCUT2D eigenvalue weighted by molar-refractivity contribution is 9.10. The lowest BCUT2D eigenvalue weighted by atomic mass is 10.2. The summed E-state index contributed by atoms with van der Waals surface area (Å²) >= 11 is 3.29. The molecule has 0 spiro atoms. The van der Waals surface area contributed by atoms with Gasteiger partial charge < -0.3 is 0 Å². The van der Waals surface area contributed by atoms with E-state index in [2.05, 4.69) is 15.9 Å². The van der Waals surface area contributed by atoms with E-state index in [1.54, 1.807) is 24.7 Å². The highest BCUT2D eigenvalue weighted by atomic mass is 79.9. The minimum atomic E-state index is -3.34. The Morgan fingerprint density at radius 1 is 1.25 bits per heavy atom. The second kappa shape index (κ2) is 4.85. The average molecular weight is 303 g/mol. The van der Waals surface area contributed by atoms with Gasteiger partial charge in [-0.15, -0.1) is 0 Å². The molecule has 0 aliphatic carbocycles. The summed E-state index contributed by atoms with van der Waals surface area (Å²) in [6.45, 7) is 2.37. The second-order valence-electron chi connectivity index (χ2n) is 3.75. The van der Waals surface area contributed by atoms with Crippen LogP contribution in [-0.2, 0) is 10.0 Å². The zero-order chi connectivity index (χ0) is 11.6. The summed E-state index contributed by atoms with van der Waals surface area (Å²) in [6, 6.07) is 6.82. The molecule has 0 saturated carbocycles. The Hall–Kier alpha value is -0.390. The van der Waals surface area contributed by atoms with Crippen molar-refractivity contribution in [1.29, 1.82) is 0 Å². The number of piperidine rings is 1. The number of hydrogen-bond donors (Lipinski definition) is 0. The predicted octanol–water partition coefficient (Wildman–Crippen LogP) is 2.79. The van der Waals surface area contributed by atoms with E-state index >= 15 is 0 Å². The van der Waals surface area contributed by atoms with Gasteiger partial charge in [-0.1, -0.05) is 28.4 Å². The maximum absolute atomic E-state index is 12.2. The number of sulfonamides is 1. The van der Waals surface area contributed by atoms with E-state index in [1.165, 1.54) is 4.31 Å². The zero-order valence-electron chi connectivity index (χ0n) is 8.77. The monoisotopic (exact) mass is 302 g/mol. The SMILES string of the molecule is O=S(=O)(c1cccc(Br)c1)N1[CH]CCCC1. The van der Waals surface area contributed by atoms with Crippen LogP contribution in [0.5, 0.6) is 0 Å². The molecule has 1 fully saturated rings. The molecule has 3 nitrogen and oxygen atoms in total. The van der Waals surface area contributed by atoms with Crippen molar-refractivity contribution >= 4 is 26.0 Å². The summed E-state index contributed by atoms with van der Waals surface area (Å²) in [5, 5.41) is 0. The third-order valence-electron chi connectivity index (χ3n) is 2.57. The number of nitrogens with zero attached hydrogens (tertiary/aromatic N) is 1. The standard InChI is InChI=1S/C11H13BrNO2S/c12-10-5-4-6-11(9-10)16(14,15)13-7-2-1-3-8-13/h4-7,9H,1-3,8H2. The van der Waals surface area contributed by atoms with Crippen LogP contribution >= 0.6 is 15.9 Å². The topological polar surface area (TPSA) is 37.4 Å². The molecule has 1 saturated heterocycles. The first kappa shape index (κ1) is 12.1. The Labute approximate surface area is 105 Å². The first-order valence-corrected chi connectivity index (χ1v) is 7.45. The van der Waals surface area contributed by atoms with Crippen LogP contribution in [0.4, 0.5) is 0 Å². The lowest BCUT2D eigenvalue weighted by Crippen LogP contribution is -2.32. The molecular formula is C11H13BrNO2S. The van der Waals surface area contributed by atoms with Crippen molar-refractivity contribution in [2.45, 2.75) is 24.2 Å². The Morgan fingerprint density at radius 3 is 2.69 bits per heavy atom. The van der Waals surface area contributed by atoms with E-state index in [9.17, 15) is 8.42 Å². The summed E-state index contributed by atoms with van der Waals surface area (Å²) < 4.78 is 26.7. The first-order chi connectivity index (χ1) is 7.60. The van der Waals surface area contributed by atoms with Crippen LogP contribution in [-0.4, -0.2) is 19.3 Å². The fraction of sp³-hybridized carbons (Fsp3) is 0.364. The first-order valence-electron chi connectivity index (χ1n) is 5.21. The zero-order valence-corrected chi connectivity index (χ0v) is 11.2. The van der Waals surface area contributed by atoms with Gasteiger partial charge in [-0.2, -0.15) is 4.31 Å². The lowest BCUT2D eigenvalue weighted by molar-refractivity contribution is 0.400. The molecule has 5 heteroatoms. The molecule has 1 heterocycles. The van der Waals surface area contributed by atoms with Crippen molar-refractivity contribution in [1.82, 2.24) is 4.31 Å². The number of hydrogen-bond acceptors (Lipinski definition) is 2. The molecule has 1 aromatic carbocycles. The Morgan fingerprint density at radius 2 is 2.06 bits per heavy atom. The molecule has 0 amide bonds. The van der Waals surface area contributed by atoms with Gasteiger partial charge in [-0.3, -0.25) is 0 Å². The highest BCUT2D eigenvalue weighted by Crippen LogP contribution is 2.24. The summed E-state index contributed by atoms with van der Waals surface area (Å²) in [5.74, 6) is 0. The number of rotatable bonds is 2. The van der Waals surface area contributed by atoms with E-state index in [1.807, 2.05) is 6.07 Å². The van der Waals surface area contributed by atoms with Crippen molar-refractivity contribution in [2.75, 3.05) is 6.54 Å². The van der Waals surface area contributed by atoms with Crippen LogP contribution in [0, 0.1) is 6.54 Å². The summed E-state index contributed by atoms with van der Waals surface area (Å²) in [6.07, 6.45) is 2.85. The molecule has 2 rings (SSSR count). The van der Waals surface area contributed by atoms with Crippen molar-refractivity contribution in [3.05, 3.63) is 35.3 Å². The van der Waals surface area contributed by atoms with E-state index in [0.717, 1.165) is 23.7 Å². The van der Waals surface area contributed by atoms with E-state index in [4.69, 9.17) is 0 Å². The van der Waals surface area contributed by atoms with Gasteiger partial charge in [0.1, 0.15) is 0 Å². The van der Waals surface area contributed by atoms with Crippen LogP contribution in [0.1, 0.15) is 19.3 Å². The van der Waals surface area contributed by atoms with Gasteiger partial charge in [0, 0.05) is 17.6 Å². The summed E-state index contributed by atoms with van der Waals surface area (Å²) in [4.78, 5) is 0.347. The number of benzene rings is 1. The molecule has 1 aromatic rings. The third kappa shape index (κ3) is 2.47. The van der Waals surface area contributed by atoms with Crippen molar-refractivity contribution in [2.24, 2.45) is 0 Å². The lowest BCUT2D eigenvalue weighted by Gasteiger charge is -2.25. The van der Waals surface area contributed by atoms with Crippen LogP contribution in [0.25, 0.3) is 0 Å². The molecule has 1 aliphatic rings. The van der Waals surface area contributed by atoms with E-state index in [-0.39, 0.29) is 0 Å². The van der Waals surface area contributed by atoms with Gasteiger partial charge in [-0.25, -0.2) is 8.42 Å². The van der Waals surface area contributed by atoms with E-state index in [0.29, 0.717) is 11.4 Å². The molecule has 0 unspecified atom stereocenters. The maximum Gasteiger partial charge on any atom is 0.243 e. The molecule has 0 atom stereocenters. The van der Waals surface area contributed by atoms with Crippen LogP contribution < -0.4 is 0 Å². The van der Waals surface area contributed by atoms with E-state index < -0.39 is 10.0 Å². The molecule has 87 valence electrons. The fourth-order valence-electron chi connectivity index (χ4n) is 1.72. The molecular weight excluding hydrogens is 290 g/mol. The van der Waals surface area contributed by atoms with Crippen LogP contribution in [0.15, 0.2) is 33.6 Å². The predicted molar refractivity (Wildman–Crippen MR) is 66.2 cm³/mol. The molecule has 0 aromatic heterocycles. The summed E-state index contributed by atoms with van der Waals surface area (Å²) in [5.41, 5.74) is 0. The Balaban J connectivity index is 2.30. The van der Waals surface area contributed by atoms with Crippen LogP contribution in [0.3, 0.4) is 0 Å². The molecule has 1 aliphatic heterocycles. The van der Waals surface area contributed by atoms with Gasteiger partial charge in [0.05, 0.1) is 4.90 Å². The maximum atomic E-state index is 12.2. The minimum Gasteiger partial charge on any atom is -0.207 e. The highest BCUT2D eigenvalue weighted by Gasteiger charge is 2.25. The van der Waals surface area contributed by atoms with Crippen molar-refractivity contribution in [3.63, 3.8) is 0 Å². The van der Waals surface area contributed by atoms with Crippen molar-refractivity contribution < 1.29 is 8.42 Å². The van der Waals surface area contributed by atoms with Gasteiger partial charge in [-0.05, 0) is 31.0 Å². The average Bonchev–Trinajstić information content (AvgIpc) is 2.30. The molecule has 0 bridgehead atoms. The van der Waals surface area contributed by atoms with Gasteiger partial charge >= 0.3 is 0 Å². The Bertz CT molecular complexity index is 467. The normalized spacial score (nSPS) is 18.6. The fourth-order valence-corrected chi connectivity index (χ4v) is 3.74. The second-order valence-corrected chi connectivity index (χ2v) is 6.56. The molecule has 1 radical (unpaired) electrons. The largest absolute Gasteiger partial charge is 0.243 e. The molecule has 0 N–H and O–H groups in total. The molecule has 16 heavy (non-hydrogen) atoms. The smallest absolute Gasteiger partial charge is 0.207 e. The third-order valence-corrected chi connectivity index (χ3v) is 4.86. The minimum absolute atomic E-state index is 0.347. The summed E-state index contributed by atoms with van der Waals surface area (Å²) in [7, 11) is -3.34. The quantitative estimate of drug-likeness (QED) is 0.842. The van der Waals surface area contributed by atoms with Gasteiger partial charge in [0.15, 0.2) is 0 Å². The number of halogens is 1. The van der Waals surface area contributed by atoms with Crippen LogP contribution in [0.2, 0.25) is 0 Å². The van der Waals surface area contributed by atoms with Crippen molar-refractivity contribution in [3.8, 4) is 0 Å². The Kier molecular flexibility index (Phi) is 3.66.